The quantitative estimate of drug-likeness (QED) is 0.262. The van der Waals surface area contributed by atoms with E-state index in [4.69, 9.17) is 18.6 Å². The number of aryl methyl sites for hydroxylation is 2. The van der Waals surface area contributed by atoms with Crippen LogP contribution in [-0.4, -0.2) is 10.2 Å². The van der Waals surface area contributed by atoms with E-state index < -0.39 is 25.0 Å². The van der Waals surface area contributed by atoms with Gasteiger partial charge in [-0.2, -0.15) is 0 Å². The Balaban J connectivity index is 0.00000129. The van der Waals surface area contributed by atoms with E-state index in [0.29, 0.717) is 11.5 Å². The van der Waals surface area contributed by atoms with E-state index in [0.717, 1.165) is 38.2 Å². The van der Waals surface area contributed by atoms with Gasteiger partial charge < -0.3 is 10.2 Å². The molecule has 34 heavy (non-hydrogen) atoms. The Morgan fingerprint density at radius 1 is 0.676 bits per heavy atom. The summed E-state index contributed by atoms with van der Waals surface area (Å²) in [4.78, 5) is 0. The molecule has 0 amide bonds. The molecule has 0 saturated heterocycles. The molecule has 0 radical (unpaired) electrons. The molecule has 0 aliphatic carbocycles. The Morgan fingerprint density at radius 3 is 1.35 bits per heavy atom. The van der Waals surface area contributed by atoms with Gasteiger partial charge in [-0.3, -0.25) is 0 Å². The Bertz CT molecular complexity index is 1050. The summed E-state index contributed by atoms with van der Waals surface area (Å²) >= 11 is -0.556. The summed E-state index contributed by atoms with van der Waals surface area (Å²) < 4.78 is 0. The van der Waals surface area contributed by atoms with E-state index >= 15 is 0 Å². The van der Waals surface area contributed by atoms with Crippen LogP contribution in [0.15, 0.2) is 54.6 Å². The molecule has 182 valence electrons. The molecule has 3 aromatic rings. The molecule has 0 heterocycles. The van der Waals surface area contributed by atoms with Crippen LogP contribution < -0.4 is 15.9 Å². The average molecular weight is 553 g/mol. The Hall–Kier alpha value is -1.02. The van der Waals surface area contributed by atoms with Crippen molar-refractivity contribution >= 4 is 42.4 Å². The van der Waals surface area contributed by atoms with Crippen molar-refractivity contribution in [1.29, 1.82) is 0 Å². The van der Waals surface area contributed by atoms with Crippen LogP contribution >= 0.6 is 26.5 Å². The van der Waals surface area contributed by atoms with Crippen molar-refractivity contribution in [1.82, 2.24) is 0 Å². The maximum absolute atomic E-state index is 11.3. The van der Waals surface area contributed by atoms with Crippen molar-refractivity contribution in [2.24, 2.45) is 0 Å². The third kappa shape index (κ3) is 7.02. The van der Waals surface area contributed by atoms with Gasteiger partial charge in [0, 0.05) is 10.6 Å². The summed E-state index contributed by atoms with van der Waals surface area (Å²) in [6.45, 7) is 17.1. The molecule has 2 N–H and O–H groups in total. The minimum atomic E-state index is -1.18. The summed E-state index contributed by atoms with van der Waals surface area (Å²) in [6, 6.07) is 18.4. The number of phenolic OH excluding ortho intramolecular Hbond substituents is 2. The van der Waals surface area contributed by atoms with Gasteiger partial charge in [-0.25, -0.2) is 0 Å². The Labute approximate surface area is 223 Å². The fourth-order valence-corrected chi connectivity index (χ4v) is 7.16. The molecule has 0 unspecified atom stereocenters. The van der Waals surface area contributed by atoms with E-state index in [1.165, 1.54) is 0 Å². The van der Waals surface area contributed by atoms with Crippen molar-refractivity contribution in [2.45, 2.75) is 66.2 Å². The molecule has 0 aliphatic heterocycles. The van der Waals surface area contributed by atoms with Crippen molar-refractivity contribution in [3.8, 4) is 11.5 Å². The molecule has 0 atom stereocenters. The molecule has 0 spiro atoms. The van der Waals surface area contributed by atoms with Crippen molar-refractivity contribution < 1.29 is 27.2 Å². The molecule has 0 aromatic heterocycles. The zero-order chi connectivity index (χ0) is 25.8. The number of hydrogen-bond donors (Lipinski definition) is 2. The Kier molecular flexibility index (Phi) is 10.2. The van der Waals surface area contributed by atoms with Crippen molar-refractivity contribution in [3.63, 3.8) is 0 Å². The maximum atomic E-state index is 11.3. The van der Waals surface area contributed by atoms with Crippen LogP contribution in [0.5, 0.6) is 11.5 Å². The molecule has 0 bridgehead atoms. The molecular formula is C28H35Cl2O2PTi. The van der Waals surface area contributed by atoms with Crippen molar-refractivity contribution in [3.05, 3.63) is 76.9 Å². The number of halogens is 2. The van der Waals surface area contributed by atoms with E-state index in [1.807, 2.05) is 44.2 Å². The second-order valence-corrected chi connectivity index (χ2v) is 15.3. The summed E-state index contributed by atoms with van der Waals surface area (Å²) in [6.07, 6.45) is 0. The van der Waals surface area contributed by atoms with Crippen LogP contribution in [0.1, 0.15) is 63.8 Å². The predicted molar refractivity (Wildman–Crippen MR) is 147 cm³/mol. The van der Waals surface area contributed by atoms with Crippen LogP contribution in [0.4, 0.5) is 0 Å². The first-order valence-corrected chi connectivity index (χ1v) is 16.9. The predicted octanol–water partition coefficient (Wildman–Crippen LogP) is 7.44. The molecular weight excluding hydrogens is 518 g/mol. The van der Waals surface area contributed by atoms with Crippen LogP contribution in [-0.2, 0) is 27.9 Å². The van der Waals surface area contributed by atoms with Gasteiger partial charge in [0.05, 0.1) is 0 Å². The van der Waals surface area contributed by atoms with Crippen LogP contribution in [0.2, 0.25) is 0 Å². The third-order valence-corrected chi connectivity index (χ3v) is 8.19. The number of benzene rings is 3. The van der Waals surface area contributed by atoms with E-state index in [1.54, 1.807) is 0 Å². The van der Waals surface area contributed by atoms with Crippen LogP contribution in [0, 0.1) is 13.8 Å². The van der Waals surface area contributed by atoms with E-state index in [-0.39, 0.29) is 10.8 Å². The second kappa shape index (κ2) is 11.8. The Morgan fingerprint density at radius 2 is 1.03 bits per heavy atom. The summed E-state index contributed by atoms with van der Waals surface area (Å²) in [5.41, 5.74) is 4.02. The van der Waals surface area contributed by atoms with E-state index in [9.17, 15) is 10.2 Å². The van der Waals surface area contributed by atoms with E-state index in [2.05, 4.69) is 65.8 Å². The molecule has 0 fully saturated rings. The normalized spacial score (nSPS) is 11.7. The number of rotatable bonds is 3. The molecule has 3 rings (SSSR count). The SMILES string of the molecule is Cc1cc(O)c(P(c2ccccc2)c2c(O)cc(C)cc2C(C)(C)C)c(C(C)(C)C)c1.[Cl][Ti][Cl]. The first-order chi connectivity index (χ1) is 15.7. The van der Waals surface area contributed by atoms with Gasteiger partial charge in [0.15, 0.2) is 0 Å². The molecule has 2 nitrogen and oxygen atoms in total. The van der Waals surface area contributed by atoms with Gasteiger partial charge in [-0.1, -0.05) is 84.0 Å². The number of phenols is 2. The minimum absolute atomic E-state index is 0.156. The van der Waals surface area contributed by atoms with Gasteiger partial charge in [-0.05, 0) is 72.3 Å². The molecule has 3 aromatic carbocycles. The molecule has 0 aliphatic rings. The van der Waals surface area contributed by atoms with Gasteiger partial charge in [-0.15, -0.1) is 0 Å². The summed E-state index contributed by atoms with van der Waals surface area (Å²) in [5.74, 6) is 0.611. The monoisotopic (exact) mass is 552 g/mol. The number of aromatic hydroxyl groups is 2. The summed E-state index contributed by atoms with van der Waals surface area (Å²) in [5, 5.41) is 25.6. The molecule has 6 heteroatoms. The second-order valence-electron chi connectivity index (χ2n) is 10.6. The first kappa shape index (κ1) is 29.2. The van der Waals surface area contributed by atoms with Gasteiger partial charge in [0.1, 0.15) is 11.5 Å². The zero-order valence-electron chi connectivity index (χ0n) is 21.3. The first-order valence-electron chi connectivity index (χ1n) is 11.2. The summed E-state index contributed by atoms with van der Waals surface area (Å²) in [7, 11) is 8.60. The molecule has 0 saturated carbocycles. The third-order valence-electron chi connectivity index (χ3n) is 5.55. The fourth-order valence-electron chi connectivity index (χ4n) is 4.08. The fraction of sp³-hybridized carbons (Fsp3) is 0.357. The average Bonchev–Trinajstić information content (AvgIpc) is 2.70. The topological polar surface area (TPSA) is 40.5 Å². The van der Waals surface area contributed by atoms with Crippen LogP contribution in [0.25, 0.3) is 0 Å². The van der Waals surface area contributed by atoms with Gasteiger partial charge in [0.25, 0.3) is 0 Å². The van der Waals surface area contributed by atoms with Gasteiger partial charge in [0.2, 0.25) is 0 Å². The number of hydrogen-bond acceptors (Lipinski definition) is 2. The van der Waals surface area contributed by atoms with Gasteiger partial charge >= 0.3 is 35.6 Å². The van der Waals surface area contributed by atoms with Crippen LogP contribution in [0.3, 0.4) is 0 Å². The van der Waals surface area contributed by atoms with Crippen molar-refractivity contribution in [2.75, 3.05) is 0 Å². The zero-order valence-corrected chi connectivity index (χ0v) is 25.3. The standard InChI is InChI=1S/C28H35O2P.2ClH.Ti/c1-18-14-21(27(3,4)5)25(23(29)16-18)31(20-12-10-9-11-13-20)26-22(28(6,7)8)15-19(2)17-24(26)30;;;/h9-17,29-30H,1-8H3;2*1H;/q;;;+2/p-2.